The minimum absolute atomic E-state index is 0. The van der Waals surface area contributed by atoms with Crippen LogP contribution < -0.4 is 11.5 Å². The van der Waals surface area contributed by atoms with Gasteiger partial charge in [-0.05, 0) is 34.7 Å². The van der Waals surface area contributed by atoms with Gasteiger partial charge >= 0.3 is 5.76 Å². The van der Waals surface area contributed by atoms with Crippen molar-refractivity contribution in [1.82, 2.24) is 10.1 Å². The molecule has 0 aliphatic carbocycles. The number of nitrogen functional groups attached to an aromatic ring is 1. The van der Waals surface area contributed by atoms with Gasteiger partial charge in [-0.1, -0.05) is 17.3 Å². The molecular weight excluding hydrogens is 286 g/mol. The van der Waals surface area contributed by atoms with Crippen LogP contribution in [0.1, 0.15) is 0 Å². The van der Waals surface area contributed by atoms with E-state index in [0.717, 1.165) is 21.7 Å². The Labute approximate surface area is 118 Å². The largest absolute Gasteiger partial charge is 0.439 e. The number of rotatable bonds is 2. The number of aromatic amines is 1. The quantitative estimate of drug-likeness (QED) is 0.712. The van der Waals surface area contributed by atoms with Crippen LogP contribution in [0.5, 0.6) is 0 Å². The molecule has 0 fully saturated rings. The Morgan fingerprint density at radius 2 is 2.11 bits per heavy atom. The Bertz CT molecular complexity index is 747. The summed E-state index contributed by atoms with van der Waals surface area (Å²) in [4.78, 5) is 14.3. The molecule has 3 rings (SSSR count). The first-order valence-corrected chi connectivity index (χ1v) is 6.11. The SMILES string of the molecule is Cl.Nc1cccc(-c2csc(-c3noc(=O)[nH]3)c2)c1. The molecule has 0 atom stereocenters. The highest BCUT2D eigenvalue weighted by molar-refractivity contribution is 7.13. The molecule has 3 N–H and O–H groups in total. The average molecular weight is 296 g/mol. The Morgan fingerprint density at radius 3 is 2.79 bits per heavy atom. The molecule has 1 aromatic carbocycles. The van der Waals surface area contributed by atoms with E-state index >= 15 is 0 Å². The van der Waals surface area contributed by atoms with Crippen LogP contribution in [-0.4, -0.2) is 10.1 Å². The third-order valence-corrected chi connectivity index (χ3v) is 3.43. The van der Waals surface area contributed by atoms with E-state index in [4.69, 9.17) is 5.73 Å². The van der Waals surface area contributed by atoms with Crippen molar-refractivity contribution in [3.63, 3.8) is 0 Å². The van der Waals surface area contributed by atoms with Crippen LogP contribution in [0.3, 0.4) is 0 Å². The second-order valence-corrected chi connectivity index (χ2v) is 4.68. The van der Waals surface area contributed by atoms with Crippen molar-refractivity contribution in [2.24, 2.45) is 0 Å². The second-order valence-electron chi connectivity index (χ2n) is 3.77. The molecule has 0 spiro atoms. The van der Waals surface area contributed by atoms with E-state index in [1.165, 1.54) is 11.3 Å². The zero-order valence-corrected chi connectivity index (χ0v) is 11.3. The van der Waals surface area contributed by atoms with Gasteiger partial charge in [-0.3, -0.25) is 9.51 Å². The molecule has 2 heterocycles. The van der Waals surface area contributed by atoms with Crippen molar-refractivity contribution >= 4 is 29.4 Å². The third-order valence-electron chi connectivity index (χ3n) is 2.49. The molecule has 2 aromatic heterocycles. The van der Waals surface area contributed by atoms with Crippen LogP contribution in [0.2, 0.25) is 0 Å². The van der Waals surface area contributed by atoms with Gasteiger partial charge in [0.1, 0.15) is 0 Å². The Hall–Kier alpha value is -2.05. The normalized spacial score (nSPS) is 10.1. The van der Waals surface area contributed by atoms with Gasteiger partial charge in [-0.25, -0.2) is 4.79 Å². The smallest absolute Gasteiger partial charge is 0.399 e. The van der Waals surface area contributed by atoms with Crippen molar-refractivity contribution in [3.8, 4) is 21.8 Å². The van der Waals surface area contributed by atoms with E-state index < -0.39 is 5.76 Å². The van der Waals surface area contributed by atoms with Gasteiger partial charge in [0.2, 0.25) is 0 Å². The molecule has 0 saturated carbocycles. The molecule has 19 heavy (non-hydrogen) atoms. The second kappa shape index (κ2) is 5.29. The number of benzene rings is 1. The molecule has 0 unspecified atom stereocenters. The Balaban J connectivity index is 0.00000133. The standard InChI is InChI=1S/C12H9N3O2S.ClH/c13-9-3-1-2-7(4-9)8-5-10(18-6-8)11-14-12(16)17-15-11;/h1-6H,13H2,(H,14,15,16);1H. The van der Waals surface area contributed by atoms with Gasteiger partial charge in [0.25, 0.3) is 0 Å². The highest BCUT2D eigenvalue weighted by atomic mass is 35.5. The first-order chi connectivity index (χ1) is 8.72. The van der Waals surface area contributed by atoms with Crippen molar-refractivity contribution in [2.45, 2.75) is 0 Å². The number of nitrogens with one attached hydrogen (secondary N) is 1. The number of hydrogen-bond donors (Lipinski definition) is 2. The number of halogens is 1. The van der Waals surface area contributed by atoms with E-state index in [9.17, 15) is 4.79 Å². The summed E-state index contributed by atoms with van der Waals surface area (Å²) in [5.41, 5.74) is 8.53. The lowest BCUT2D eigenvalue weighted by Gasteiger charge is -1.98. The van der Waals surface area contributed by atoms with Gasteiger partial charge in [0, 0.05) is 5.69 Å². The van der Waals surface area contributed by atoms with Crippen LogP contribution in [0.15, 0.2) is 45.0 Å². The number of H-pyrrole nitrogens is 1. The highest BCUT2D eigenvalue weighted by Gasteiger charge is 2.08. The molecule has 3 aromatic rings. The topological polar surface area (TPSA) is 84.9 Å². The molecule has 0 saturated heterocycles. The zero-order chi connectivity index (χ0) is 12.5. The lowest BCUT2D eigenvalue weighted by atomic mass is 10.1. The molecule has 98 valence electrons. The minimum atomic E-state index is -0.552. The average Bonchev–Trinajstić information content (AvgIpc) is 2.97. The first-order valence-electron chi connectivity index (χ1n) is 5.23. The summed E-state index contributed by atoms with van der Waals surface area (Å²) >= 11 is 1.48. The molecule has 0 bridgehead atoms. The summed E-state index contributed by atoms with van der Waals surface area (Å²) in [6.07, 6.45) is 0. The van der Waals surface area contributed by atoms with Crippen molar-refractivity contribution < 1.29 is 4.52 Å². The van der Waals surface area contributed by atoms with Crippen LogP contribution >= 0.6 is 23.7 Å². The predicted molar refractivity (Wildman–Crippen MR) is 77.5 cm³/mol. The van der Waals surface area contributed by atoms with Crippen LogP contribution in [0.4, 0.5) is 5.69 Å². The Kier molecular flexibility index (Phi) is 3.73. The maximum absolute atomic E-state index is 10.9. The van der Waals surface area contributed by atoms with Gasteiger partial charge in [0.05, 0.1) is 4.88 Å². The molecule has 5 nitrogen and oxygen atoms in total. The summed E-state index contributed by atoms with van der Waals surface area (Å²) in [5, 5.41) is 5.64. The molecule has 0 aliphatic heterocycles. The molecule has 0 aliphatic rings. The van der Waals surface area contributed by atoms with Crippen molar-refractivity contribution in [3.05, 3.63) is 46.3 Å². The van der Waals surface area contributed by atoms with E-state index in [1.54, 1.807) is 0 Å². The van der Waals surface area contributed by atoms with Gasteiger partial charge in [-0.15, -0.1) is 23.7 Å². The monoisotopic (exact) mass is 295 g/mol. The summed E-state index contributed by atoms with van der Waals surface area (Å²) in [7, 11) is 0. The van der Waals surface area contributed by atoms with Gasteiger partial charge < -0.3 is 5.73 Å². The van der Waals surface area contributed by atoms with Crippen LogP contribution in [0, 0.1) is 0 Å². The fraction of sp³-hybridized carbons (Fsp3) is 0. The maximum atomic E-state index is 10.9. The highest BCUT2D eigenvalue weighted by Crippen LogP contribution is 2.31. The van der Waals surface area contributed by atoms with E-state index in [1.807, 2.05) is 35.7 Å². The number of nitrogens with two attached hydrogens (primary N) is 1. The number of anilines is 1. The number of thiophene rings is 1. The zero-order valence-electron chi connectivity index (χ0n) is 9.62. The van der Waals surface area contributed by atoms with E-state index in [2.05, 4.69) is 14.7 Å². The summed E-state index contributed by atoms with van der Waals surface area (Å²) in [6, 6.07) is 9.56. The predicted octanol–water partition coefficient (Wildman–Crippen LogP) is 2.76. The fourth-order valence-corrected chi connectivity index (χ4v) is 2.52. The minimum Gasteiger partial charge on any atom is -0.399 e. The van der Waals surface area contributed by atoms with Gasteiger partial charge in [-0.2, -0.15) is 0 Å². The molecule has 0 radical (unpaired) electrons. The third kappa shape index (κ3) is 2.69. The number of hydrogen-bond acceptors (Lipinski definition) is 5. The molecule has 0 amide bonds. The van der Waals surface area contributed by atoms with E-state index in [-0.39, 0.29) is 12.4 Å². The van der Waals surface area contributed by atoms with E-state index in [0.29, 0.717) is 5.82 Å². The summed E-state index contributed by atoms with van der Waals surface area (Å²) in [6.45, 7) is 0. The lowest BCUT2D eigenvalue weighted by molar-refractivity contribution is 0.388. The Morgan fingerprint density at radius 1 is 1.26 bits per heavy atom. The first kappa shape index (κ1) is 13.4. The van der Waals surface area contributed by atoms with Gasteiger partial charge in [0.15, 0.2) is 5.82 Å². The lowest BCUT2D eigenvalue weighted by Crippen LogP contribution is -1.94. The summed E-state index contributed by atoms with van der Waals surface area (Å²) in [5.74, 6) is -0.107. The number of aromatic nitrogens is 2. The van der Waals surface area contributed by atoms with Crippen LogP contribution in [-0.2, 0) is 0 Å². The molecule has 7 heteroatoms. The fourth-order valence-electron chi connectivity index (χ4n) is 1.67. The van der Waals surface area contributed by atoms with Crippen LogP contribution in [0.25, 0.3) is 21.8 Å². The van der Waals surface area contributed by atoms with Crippen molar-refractivity contribution in [2.75, 3.05) is 5.73 Å². The number of nitrogens with zero attached hydrogens (tertiary/aromatic N) is 1. The maximum Gasteiger partial charge on any atom is 0.439 e. The summed E-state index contributed by atoms with van der Waals surface area (Å²) < 4.78 is 4.48. The molecular formula is C12H10ClN3O2S. The van der Waals surface area contributed by atoms with Crippen molar-refractivity contribution in [1.29, 1.82) is 0 Å².